The number of halogens is 3. The largest absolute Gasteiger partial charge is 0.573 e. The number of carbonyl (C=O) groups is 2. The maximum atomic E-state index is 12.9. The van der Waals surface area contributed by atoms with Gasteiger partial charge < -0.3 is 14.7 Å². The summed E-state index contributed by atoms with van der Waals surface area (Å²) in [5.41, 5.74) is 2.39. The third kappa shape index (κ3) is 4.62. The molecule has 0 fully saturated rings. The fourth-order valence-electron chi connectivity index (χ4n) is 2.87. The van der Waals surface area contributed by atoms with Gasteiger partial charge in [0.15, 0.2) is 0 Å². The second-order valence-corrected chi connectivity index (χ2v) is 7.31. The lowest BCUT2D eigenvalue weighted by molar-refractivity contribution is -0.274. The minimum Gasteiger partial charge on any atom is -0.477 e. The molecule has 156 valence electrons. The molecule has 3 rings (SSSR count). The molecule has 1 aromatic heterocycles. The highest BCUT2D eigenvalue weighted by molar-refractivity contribution is 7.13. The molecule has 30 heavy (non-hydrogen) atoms. The number of anilines is 1. The second kappa shape index (κ2) is 8.19. The molecule has 0 aliphatic heterocycles. The average Bonchev–Trinajstić information content (AvgIpc) is 3.12. The number of hydrogen-bond acceptors (Lipinski definition) is 4. The molecule has 3 aromatic rings. The summed E-state index contributed by atoms with van der Waals surface area (Å²) in [6.45, 7) is 1.88. The van der Waals surface area contributed by atoms with Crippen LogP contribution < -0.4 is 9.64 Å². The monoisotopic (exact) mass is 435 g/mol. The molecule has 0 bridgehead atoms. The zero-order valence-electron chi connectivity index (χ0n) is 15.9. The quantitative estimate of drug-likeness (QED) is 0.567. The van der Waals surface area contributed by atoms with Crippen molar-refractivity contribution in [1.82, 2.24) is 0 Å². The fraction of sp³-hybridized carbons (Fsp3) is 0.143. The number of ether oxygens (including phenoxy) is 1. The molecular formula is C21H16F3NO4S. The predicted octanol–water partition coefficient (Wildman–Crippen LogP) is 5.60. The summed E-state index contributed by atoms with van der Waals surface area (Å²) >= 11 is 0.932. The third-order valence-electron chi connectivity index (χ3n) is 4.30. The topological polar surface area (TPSA) is 66.8 Å². The molecule has 0 unspecified atom stereocenters. The summed E-state index contributed by atoms with van der Waals surface area (Å²) in [6, 6.07) is 11.8. The van der Waals surface area contributed by atoms with E-state index in [0.29, 0.717) is 16.7 Å². The molecule has 1 heterocycles. The molecule has 1 amide bonds. The van der Waals surface area contributed by atoms with Crippen molar-refractivity contribution in [3.8, 4) is 16.9 Å². The number of rotatable bonds is 5. The normalized spacial score (nSPS) is 11.2. The molecule has 0 radical (unpaired) electrons. The molecule has 0 saturated carbocycles. The van der Waals surface area contributed by atoms with Crippen molar-refractivity contribution < 1.29 is 32.6 Å². The lowest BCUT2D eigenvalue weighted by Gasteiger charge is -2.20. The van der Waals surface area contributed by atoms with E-state index in [2.05, 4.69) is 4.74 Å². The van der Waals surface area contributed by atoms with E-state index in [9.17, 15) is 27.9 Å². The first-order chi connectivity index (χ1) is 14.1. The first-order valence-corrected chi connectivity index (χ1v) is 9.50. The summed E-state index contributed by atoms with van der Waals surface area (Å²) in [5.74, 6) is -2.01. The van der Waals surface area contributed by atoms with E-state index >= 15 is 0 Å². The number of benzene rings is 2. The zero-order valence-corrected chi connectivity index (χ0v) is 16.7. The highest BCUT2D eigenvalue weighted by atomic mass is 32.1. The third-order valence-corrected chi connectivity index (χ3v) is 5.25. The maximum Gasteiger partial charge on any atom is 0.573 e. The Morgan fingerprint density at radius 3 is 2.17 bits per heavy atom. The summed E-state index contributed by atoms with van der Waals surface area (Å²) < 4.78 is 41.0. The van der Waals surface area contributed by atoms with Crippen LogP contribution in [0.15, 0.2) is 53.9 Å². The lowest BCUT2D eigenvalue weighted by Crippen LogP contribution is -2.27. The molecule has 0 aliphatic rings. The number of amides is 1. The number of nitrogens with zero attached hydrogens (tertiary/aromatic N) is 1. The Bertz CT molecular complexity index is 1070. The van der Waals surface area contributed by atoms with Crippen LogP contribution >= 0.6 is 11.3 Å². The van der Waals surface area contributed by atoms with E-state index < -0.39 is 24.0 Å². The second-order valence-electron chi connectivity index (χ2n) is 6.43. The Kier molecular flexibility index (Phi) is 5.84. The van der Waals surface area contributed by atoms with Crippen molar-refractivity contribution in [1.29, 1.82) is 0 Å². The van der Waals surface area contributed by atoms with Crippen molar-refractivity contribution in [3.05, 3.63) is 69.9 Å². The van der Waals surface area contributed by atoms with Crippen LogP contribution in [-0.2, 0) is 0 Å². The van der Waals surface area contributed by atoms with Gasteiger partial charge in [-0.3, -0.25) is 4.79 Å². The fourth-order valence-corrected chi connectivity index (χ4v) is 3.81. The summed E-state index contributed by atoms with van der Waals surface area (Å²) in [6.07, 6.45) is -4.81. The van der Waals surface area contributed by atoms with Gasteiger partial charge in [-0.1, -0.05) is 29.8 Å². The van der Waals surface area contributed by atoms with Gasteiger partial charge in [0, 0.05) is 23.6 Å². The molecule has 1 N–H and O–H groups in total. The van der Waals surface area contributed by atoms with Gasteiger partial charge in [-0.25, -0.2) is 4.79 Å². The van der Waals surface area contributed by atoms with E-state index in [4.69, 9.17) is 0 Å². The minimum atomic E-state index is -4.81. The Balaban J connectivity index is 2.00. The molecular weight excluding hydrogens is 419 g/mol. The number of carbonyl (C=O) groups excluding carboxylic acids is 1. The van der Waals surface area contributed by atoms with Crippen molar-refractivity contribution >= 4 is 28.9 Å². The van der Waals surface area contributed by atoms with E-state index in [1.165, 1.54) is 24.1 Å². The van der Waals surface area contributed by atoms with Gasteiger partial charge in [-0.05, 0) is 36.8 Å². The van der Waals surface area contributed by atoms with E-state index in [1.807, 2.05) is 6.92 Å². The SMILES string of the molecule is Cc1ccc(C(=O)N(C)c2c(-c3ccc(OC(F)(F)F)cc3)csc2C(=O)O)cc1. The first kappa shape index (κ1) is 21.4. The van der Waals surface area contributed by atoms with E-state index in [-0.39, 0.29) is 10.6 Å². The van der Waals surface area contributed by atoms with Gasteiger partial charge in [0.05, 0.1) is 5.69 Å². The van der Waals surface area contributed by atoms with Crippen molar-refractivity contribution in [3.63, 3.8) is 0 Å². The lowest BCUT2D eigenvalue weighted by atomic mass is 10.0. The van der Waals surface area contributed by atoms with Gasteiger partial charge in [-0.15, -0.1) is 24.5 Å². The standard InChI is InChI=1S/C21H16F3NO4S/c1-12-3-5-14(6-4-12)19(26)25(2)17-16(11-30-18(17)20(27)28)13-7-9-15(10-8-13)29-21(22,23)24/h3-11H,1-2H3,(H,27,28). The van der Waals surface area contributed by atoms with Crippen LogP contribution in [0.3, 0.4) is 0 Å². The van der Waals surface area contributed by atoms with Gasteiger partial charge in [-0.2, -0.15) is 0 Å². The molecule has 0 aliphatic carbocycles. The number of hydrogen-bond donors (Lipinski definition) is 1. The highest BCUT2D eigenvalue weighted by Crippen LogP contribution is 2.40. The van der Waals surface area contributed by atoms with Gasteiger partial charge in [0.1, 0.15) is 10.6 Å². The summed E-state index contributed by atoms with van der Waals surface area (Å²) in [5, 5.41) is 11.1. The Hall–Kier alpha value is -3.33. The molecule has 2 aromatic carbocycles. The predicted molar refractivity (Wildman–Crippen MR) is 107 cm³/mol. The molecule has 0 saturated heterocycles. The highest BCUT2D eigenvalue weighted by Gasteiger charge is 2.31. The average molecular weight is 435 g/mol. The number of alkyl halides is 3. The van der Waals surface area contributed by atoms with Crippen molar-refractivity contribution in [2.75, 3.05) is 11.9 Å². The van der Waals surface area contributed by atoms with Crippen LogP contribution in [0, 0.1) is 6.92 Å². The van der Waals surface area contributed by atoms with Crippen LogP contribution in [0.5, 0.6) is 5.75 Å². The van der Waals surface area contributed by atoms with Crippen molar-refractivity contribution in [2.45, 2.75) is 13.3 Å². The maximum absolute atomic E-state index is 12.9. The zero-order chi connectivity index (χ0) is 22.1. The molecule has 0 atom stereocenters. The number of thiophene rings is 1. The van der Waals surface area contributed by atoms with Crippen LogP contribution in [0.4, 0.5) is 18.9 Å². The van der Waals surface area contributed by atoms with Crippen molar-refractivity contribution in [2.24, 2.45) is 0 Å². The van der Waals surface area contributed by atoms with E-state index in [1.54, 1.807) is 29.6 Å². The number of aromatic carboxylic acids is 1. The van der Waals surface area contributed by atoms with Crippen LogP contribution in [0.1, 0.15) is 25.6 Å². The minimum absolute atomic E-state index is 0.0522. The van der Waals surface area contributed by atoms with Crippen LogP contribution in [0.25, 0.3) is 11.1 Å². The smallest absolute Gasteiger partial charge is 0.477 e. The van der Waals surface area contributed by atoms with Crippen LogP contribution in [-0.4, -0.2) is 30.4 Å². The first-order valence-electron chi connectivity index (χ1n) is 8.62. The Morgan fingerprint density at radius 2 is 1.63 bits per heavy atom. The van der Waals surface area contributed by atoms with E-state index in [0.717, 1.165) is 29.0 Å². The summed E-state index contributed by atoms with van der Waals surface area (Å²) in [7, 11) is 1.46. The molecule has 9 heteroatoms. The Labute approximate surface area is 173 Å². The van der Waals surface area contributed by atoms with Gasteiger partial charge >= 0.3 is 12.3 Å². The summed E-state index contributed by atoms with van der Waals surface area (Å²) in [4.78, 5) is 25.8. The number of carboxylic acid groups (broad SMARTS) is 1. The Morgan fingerprint density at radius 1 is 1.03 bits per heavy atom. The number of aryl methyl sites for hydroxylation is 1. The molecule has 5 nitrogen and oxygen atoms in total. The molecule has 0 spiro atoms. The number of carboxylic acids is 1. The van der Waals surface area contributed by atoms with Gasteiger partial charge in [0.2, 0.25) is 0 Å². The van der Waals surface area contributed by atoms with Gasteiger partial charge in [0.25, 0.3) is 5.91 Å². The van der Waals surface area contributed by atoms with Crippen LogP contribution in [0.2, 0.25) is 0 Å².